The minimum Gasteiger partial charge on any atom is -0.356 e. The highest BCUT2D eigenvalue weighted by molar-refractivity contribution is 7.99. The fourth-order valence-corrected chi connectivity index (χ4v) is 3.92. The normalized spacial score (nSPS) is 10.7. The molecule has 0 fully saturated rings. The van der Waals surface area contributed by atoms with Crippen LogP contribution in [0.4, 0.5) is 0 Å². The molecule has 0 atom stereocenters. The summed E-state index contributed by atoms with van der Waals surface area (Å²) in [5.41, 5.74) is 0. The van der Waals surface area contributed by atoms with Crippen molar-refractivity contribution in [2.75, 3.05) is 12.3 Å². The number of hydrogen-bond acceptors (Lipinski definition) is 6. The third-order valence-corrected chi connectivity index (χ3v) is 5.25. The van der Waals surface area contributed by atoms with Crippen LogP contribution in [0.3, 0.4) is 0 Å². The molecular formula is C14H17ClN4O2S2. The first kappa shape index (κ1) is 18.0. The van der Waals surface area contributed by atoms with Crippen molar-refractivity contribution in [3.05, 3.63) is 27.2 Å². The molecule has 0 spiro atoms. The molecule has 2 aromatic heterocycles. The zero-order chi connectivity index (χ0) is 16.8. The summed E-state index contributed by atoms with van der Waals surface area (Å²) in [6.07, 6.45) is 0.607. The number of rotatable bonds is 8. The Labute approximate surface area is 147 Å². The van der Waals surface area contributed by atoms with Gasteiger partial charge in [-0.15, -0.1) is 21.5 Å². The monoisotopic (exact) mass is 372 g/mol. The molecule has 0 aromatic carbocycles. The standard InChI is InChI=1S/C14H17ClN4O2S2/c1-3-19-13(6-7-16-9(2)20)17-18-14(19)22-8-10(21)11-4-5-12(15)23-11/h4-5H,3,6-8H2,1-2H3,(H,16,20). The van der Waals surface area contributed by atoms with Crippen LogP contribution in [0.1, 0.15) is 29.3 Å². The predicted molar refractivity (Wildman–Crippen MR) is 92.5 cm³/mol. The molecule has 0 saturated carbocycles. The van der Waals surface area contributed by atoms with Gasteiger partial charge >= 0.3 is 0 Å². The number of thioether (sulfide) groups is 1. The molecule has 0 aliphatic heterocycles. The third-order valence-electron chi connectivity index (χ3n) is 3.01. The van der Waals surface area contributed by atoms with Crippen molar-refractivity contribution < 1.29 is 9.59 Å². The summed E-state index contributed by atoms with van der Waals surface area (Å²) in [4.78, 5) is 23.7. The molecule has 9 heteroatoms. The molecule has 6 nitrogen and oxygen atoms in total. The lowest BCUT2D eigenvalue weighted by atomic mass is 10.4. The van der Waals surface area contributed by atoms with Gasteiger partial charge in [0.1, 0.15) is 5.82 Å². The van der Waals surface area contributed by atoms with Gasteiger partial charge < -0.3 is 9.88 Å². The van der Waals surface area contributed by atoms with Crippen LogP contribution < -0.4 is 5.32 Å². The van der Waals surface area contributed by atoms with Crippen LogP contribution in [0.15, 0.2) is 17.3 Å². The molecule has 0 radical (unpaired) electrons. The minimum atomic E-state index is -0.0673. The molecule has 0 aliphatic rings. The molecule has 0 saturated heterocycles. The van der Waals surface area contributed by atoms with E-state index in [2.05, 4.69) is 15.5 Å². The van der Waals surface area contributed by atoms with Crippen LogP contribution in [0.2, 0.25) is 4.34 Å². The SMILES string of the molecule is CCn1c(CCNC(C)=O)nnc1SCC(=O)c1ccc(Cl)s1. The van der Waals surface area contributed by atoms with Crippen LogP contribution in [0.25, 0.3) is 0 Å². The Morgan fingerprint density at radius 3 is 2.78 bits per heavy atom. The fourth-order valence-electron chi connectivity index (χ4n) is 1.94. The first-order valence-electron chi connectivity index (χ1n) is 7.09. The van der Waals surface area contributed by atoms with E-state index in [0.717, 1.165) is 5.82 Å². The topological polar surface area (TPSA) is 76.9 Å². The Morgan fingerprint density at radius 2 is 2.17 bits per heavy atom. The van der Waals surface area contributed by atoms with Crippen LogP contribution in [-0.2, 0) is 17.8 Å². The van der Waals surface area contributed by atoms with E-state index in [1.54, 1.807) is 12.1 Å². The van der Waals surface area contributed by atoms with Gasteiger partial charge in [0.2, 0.25) is 5.91 Å². The van der Waals surface area contributed by atoms with Crippen molar-refractivity contribution in [3.63, 3.8) is 0 Å². The molecule has 0 unspecified atom stereocenters. The first-order chi connectivity index (χ1) is 11.0. The lowest BCUT2D eigenvalue weighted by Gasteiger charge is -2.07. The Kier molecular flexibility index (Phi) is 6.61. The van der Waals surface area contributed by atoms with Gasteiger partial charge in [-0.3, -0.25) is 9.59 Å². The van der Waals surface area contributed by atoms with E-state index in [4.69, 9.17) is 11.6 Å². The summed E-state index contributed by atoms with van der Waals surface area (Å²) in [6.45, 7) is 4.71. The van der Waals surface area contributed by atoms with Crippen molar-refractivity contribution in [2.45, 2.75) is 32.0 Å². The molecule has 2 rings (SSSR count). The summed E-state index contributed by atoms with van der Waals surface area (Å²) in [5.74, 6) is 1.05. The molecule has 1 N–H and O–H groups in total. The third kappa shape index (κ3) is 5.05. The molecule has 2 heterocycles. The Balaban J connectivity index is 1.95. The fraction of sp³-hybridized carbons (Fsp3) is 0.429. The molecule has 0 bridgehead atoms. The molecule has 124 valence electrons. The number of amides is 1. The van der Waals surface area contributed by atoms with E-state index in [0.29, 0.717) is 39.6 Å². The largest absolute Gasteiger partial charge is 0.356 e. The van der Waals surface area contributed by atoms with Gasteiger partial charge in [-0.05, 0) is 19.1 Å². The maximum absolute atomic E-state index is 12.1. The summed E-state index contributed by atoms with van der Waals surface area (Å²) in [6, 6.07) is 3.46. The van der Waals surface area contributed by atoms with Crippen LogP contribution in [-0.4, -0.2) is 38.8 Å². The second-order valence-electron chi connectivity index (χ2n) is 4.69. The molecule has 0 aliphatic carbocycles. The van der Waals surface area contributed by atoms with Crippen molar-refractivity contribution in [1.29, 1.82) is 0 Å². The summed E-state index contributed by atoms with van der Waals surface area (Å²) in [5, 5.41) is 11.7. The van der Waals surface area contributed by atoms with Crippen molar-refractivity contribution in [2.24, 2.45) is 0 Å². The number of nitrogens with one attached hydrogen (secondary N) is 1. The number of ketones is 1. The van der Waals surface area contributed by atoms with E-state index < -0.39 is 0 Å². The number of carbonyl (C=O) groups excluding carboxylic acids is 2. The maximum atomic E-state index is 12.1. The number of Topliss-reactive ketones (excluding diaryl/α,β-unsaturated/α-hetero) is 1. The van der Waals surface area contributed by atoms with E-state index >= 15 is 0 Å². The second-order valence-corrected chi connectivity index (χ2v) is 7.35. The Hall–Kier alpha value is -1.38. The zero-order valence-corrected chi connectivity index (χ0v) is 15.2. The van der Waals surface area contributed by atoms with Gasteiger partial charge in [-0.1, -0.05) is 23.4 Å². The average molecular weight is 373 g/mol. The van der Waals surface area contributed by atoms with Crippen LogP contribution in [0, 0.1) is 0 Å². The van der Waals surface area contributed by atoms with Gasteiger partial charge in [0.05, 0.1) is 15.0 Å². The van der Waals surface area contributed by atoms with E-state index in [1.165, 1.54) is 30.0 Å². The average Bonchev–Trinajstić information content (AvgIpc) is 3.10. The highest BCUT2D eigenvalue weighted by Crippen LogP contribution is 2.24. The Morgan fingerprint density at radius 1 is 1.39 bits per heavy atom. The summed E-state index contributed by atoms with van der Waals surface area (Å²) < 4.78 is 2.57. The number of carbonyl (C=O) groups is 2. The lowest BCUT2D eigenvalue weighted by molar-refractivity contribution is -0.118. The molecule has 1 amide bonds. The van der Waals surface area contributed by atoms with Crippen LogP contribution in [0.5, 0.6) is 0 Å². The van der Waals surface area contributed by atoms with Crippen molar-refractivity contribution >= 4 is 46.4 Å². The van der Waals surface area contributed by atoms with Gasteiger partial charge in [0.15, 0.2) is 10.9 Å². The smallest absolute Gasteiger partial charge is 0.216 e. The highest BCUT2D eigenvalue weighted by Gasteiger charge is 2.15. The Bertz CT molecular complexity index is 699. The van der Waals surface area contributed by atoms with Crippen molar-refractivity contribution in [3.8, 4) is 0 Å². The van der Waals surface area contributed by atoms with E-state index in [9.17, 15) is 9.59 Å². The van der Waals surface area contributed by atoms with Crippen LogP contribution >= 0.6 is 34.7 Å². The van der Waals surface area contributed by atoms with Gasteiger partial charge in [-0.25, -0.2) is 0 Å². The summed E-state index contributed by atoms with van der Waals surface area (Å²) in [7, 11) is 0. The summed E-state index contributed by atoms with van der Waals surface area (Å²) >= 11 is 8.49. The minimum absolute atomic E-state index is 0.0253. The quantitative estimate of drug-likeness (QED) is 0.569. The molecular weight excluding hydrogens is 356 g/mol. The zero-order valence-electron chi connectivity index (χ0n) is 12.8. The number of aromatic nitrogens is 3. The number of hydrogen-bond donors (Lipinski definition) is 1. The highest BCUT2D eigenvalue weighted by atomic mass is 35.5. The molecule has 23 heavy (non-hydrogen) atoms. The van der Waals surface area contributed by atoms with Gasteiger partial charge in [0, 0.05) is 26.4 Å². The first-order valence-corrected chi connectivity index (χ1v) is 9.27. The predicted octanol–water partition coefficient (Wildman–Crippen LogP) is 2.67. The molecule has 2 aromatic rings. The van der Waals surface area contributed by atoms with E-state index in [-0.39, 0.29) is 11.7 Å². The number of thiophene rings is 1. The number of halogens is 1. The second kappa shape index (κ2) is 8.47. The van der Waals surface area contributed by atoms with Gasteiger partial charge in [0.25, 0.3) is 0 Å². The van der Waals surface area contributed by atoms with E-state index in [1.807, 2.05) is 11.5 Å². The number of nitrogens with zero attached hydrogens (tertiary/aromatic N) is 3. The maximum Gasteiger partial charge on any atom is 0.216 e. The van der Waals surface area contributed by atoms with Crippen molar-refractivity contribution in [1.82, 2.24) is 20.1 Å². The lowest BCUT2D eigenvalue weighted by Crippen LogP contribution is -2.23. The van der Waals surface area contributed by atoms with Gasteiger partial charge in [-0.2, -0.15) is 0 Å².